The Morgan fingerprint density at radius 2 is 1.80 bits per heavy atom. The lowest BCUT2D eigenvalue weighted by atomic mass is 10.2. The smallest absolute Gasteiger partial charge is 0.401 e. The standard InChI is InChI=1S/C11H18F3N3O3/c1-8(9(18)19)6-15-10(20)17-4-2-16(3-5-17)7-11(12,13)14/h8H,2-7H2,1H3,(H,15,20)(H,18,19). The van der Waals surface area contributed by atoms with Crippen molar-refractivity contribution in [3.63, 3.8) is 0 Å². The summed E-state index contributed by atoms with van der Waals surface area (Å²) in [6.45, 7) is 1.19. The Bertz CT molecular complexity index is 355. The van der Waals surface area contributed by atoms with Gasteiger partial charge in [-0.1, -0.05) is 6.92 Å². The summed E-state index contributed by atoms with van der Waals surface area (Å²) in [4.78, 5) is 24.9. The molecule has 2 N–H and O–H groups in total. The Morgan fingerprint density at radius 1 is 1.25 bits per heavy atom. The summed E-state index contributed by atoms with van der Waals surface area (Å²) in [6.07, 6.45) is -4.23. The highest BCUT2D eigenvalue weighted by Crippen LogP contribution is 2.17. The molecule has 0 bridgehead atoms. The quantitative estimate of drug-likeness (QED) is 0.797. The third-order valence-corrected chi connectivity index (χ3v) is 3.04. The molecule has 0 aliphatic carbocycles. The third-order valence-electron chi connectivity index (χ3n) is 3.04. The second kappa shape index (κ2) is 6.78. The van der Waals surface area contributed by atoms with Crippen LogP contribution in [-0.4, -0.2) is 72.4 Å². The molecule has 2 amide bonds. The minimum atomic E-state index is -4.23. The molecular formula is C11H18F3N3O3. The number of carboxylic acids is 1. The molecule has 0 aromatic carbocycles. The van der Waals surface area contributed by atoms with E-state index in [0.29, 0.717) is 0 Å². The van der Waals surface area contributed by atoms with Crippen molar-refractivity contribution in [2.75, 3.05) is 39.3 Å². The maximum atomic E-state index is 12.2. The number of carboxylic acid groups (broad SMARTS) is 1. The van der Waals surface area contributed by atoms with E-state index < -0.39 is 30.6 Å². The maximum Gasteiger partial charge on any atom is 0.401 e. The van der Waals surface area contributed by atoms with E-state index in [4.69, 9.17) is 5.11 Å². The number of halogens is 3. The largest absolute Gasteiger partial charge is 0.481 e. The molecule has 9 heteroatoms. The van der Waals surface area contributed by atoms with Crippen molar-refractivity contribution in [3.8, 4) is 0 Å². The zero-order valence-corrected chi connectivity index (χ0v) is 11.1. The Kier molecular flexibility index (Phi) is 5.61. The van der Waals surface area contributed by atoms with Gasteiger partial charge in [-0.3, -0.25) is 9.69 Å². The maximum absolute atomic E-state index is 12.2. The molecular weight excluding hydrogens is 279 g/mol. The van der Waals surface area contributed by atoms with Crippen LogP contribution in [0.3, 0.4) is 0 Å². The molecule has 1 atom stereocenters. The molecule has 1 aliphatic rings. The van der Waals surface area contributed by atoms with Crippen LogP contribution in [0.4, 0.5) is 18.0 Å². The molecule has 1 fully saturated rings. The zero-order valence-electron chi connectivity index (χ0n) is 11.1. The van der Waals surface area contributed by atoms with Crippen LogP contribution >= 0.6 is 0 Å². The molecule has 20 heavy (non-hydrogen) atoms. The summed E-state index contributed by atoms with van der Waals surface area (Å²) in [5, 5.41) is 11.1. The van der Waals surface area contributed by atoms with Crippen LogP contribution < -0.4 is 5.32 Å². The highest BCUT2D eigenvalue weighted by Gasteiger charge is 2.32. The van der Waals surface area contributed by atoms with E-state index in [2.05, 4.69) is 5.32 Å². The lowest BCUT2D eigenvalue weighted by Crippen LogP contribution is -2.53. The summed E-state index contributed by atoms with van der Waals surface area (Å²) in [6, 6.07) is -0.440. The Balaban J connectivity index is 2.30. The summed E-state index contributed by atoms with van der Waals surface area (Å²) >= 11 is 0. The molecule has 0 radical (unpaired) electrons. The molecule has 116 valence electrons. The molecule has 0 aromatic heterocycles. The minimum absolute atomic E-state index is 0.00304. The van der Waals surface area contributed by atoms with E-state index in [9.17, 15) is 22.8 Å². The van der Waals surface area contributed by atoms with Gasteiger partial charge < -0.3 is 15.3 Å². The number of piperazine rings is 1. The van der Waals surface area contributed by atoms with Crippen LogP contribution in [-0.2, 0) is 4.79 Å². The number of nitrogens with one attached hydrogen (secondary N) is 1. The number of alkyl halides is 3. The number of hydrogen-bond donors (Lipinski definition) is 2. The first-order chi connectivity index (χ1) is 9.19. The first-order valence-electron chi connectivity index (χ1n) is 6.23. The van der Waals surface area contributed by atoms with Crippen LogP contribution in [0.1, 0.15) is 6.92 Å². The summed E-state index contributed by atoms with van der Waals surface area (Å²) < 4.78 is 36.6. The monoisotopic (exact) mass is 297 g/mol. The number of carbonyl (C=O) groups excluding carboxylic acids is 1. The lowest BCUT2D eigenvalue weighted by Gasteiger charge is -2.35. The topological polar surface area (TPSA) is 72.9 Å². The fourth-order valence-corrected chi connectivity index (χ4v) is 1.80. The first kappa shape index (κ1) is 16.5. The van der Waals surface area contributed by atoms with Crippen molar-refractivity contribution in [2.24, 2.45) is 5.92 Å². The molecule has 1 aliphatic heterocycles. The van der Waals surface area contributed by atoms with E-state index >= 15 is 0 Å². The van der Waals surface area contributed by atoms with Crippen LogP contribution in [0, 0.1) is 5.92 Å². The van der Waals surface area contributed by atoms with Gasteiger partial charge in [0.05, 0.1) is 12.5 Å². The predicted octanol–water partition coefficient (Wildman–Crippen LogP) is 0.597. The van der Waals surface area contributed by atoms with Crippen molar-refractivity contribution in [1.82, 2.24) is 15.1 Å². The molecule has 0 saturated carbocycles. The van der Waals surface area contributed by atoms with Crippen LogP contribution in [0.25, 0.3) is 0 Å². The Labute approximate surface area is 114 Å². The molecule has 1 unspecified atom stereocenters. The Morgan fingerprint density at radius 3 is 2.25 bits per heavy atom. The van der Waals surface area contributed by atoms with Gasteiger partial charge in [0.15, 0.2) is 0 Å². The van der Waals surface area contributed by atoms with Gasteiger partial charge in [-0.05, 0) is 0 Å². The fraction of sp³-hybridized carbons (Fsp3) is 0.818. The van der Waals surface area contributed by atoms with E-state index in [0.717, 1.165) is 0 Å². The molecule has 0 spiro atoms. The molecule has 1 saturated heterocycles. The number of aliphatic carboxylic acids is 1. The SMILES string of the molecule is CC(CNC(=O)N1CCN(CC(F)(F)F)CC1)C(=O)O. The van der Waals surface area contributed by atoms with Crippen LogP contribution in [0.2, 0.25) is 0 Å². The van der Waals surface area contributed by atoms with Crippen LogP contribution in [0.5, 0.6) is 0 Å². The Hall–Kier alpha value is -1.51. The highest BCUT2D eigenvalue weighted by atomic mass is 19.4. The average Bonchev–Trinajstić information content (AvgIpc) is 2.34. The van der Waals surface area contributed by atoms with Crippen molar-refractivity contribution >= 4 is 12.0 Å². The van der Waals surface area contributed by atoms with Crippen molar-refractivity contribution in [1.29, 1.82) is 0 Å². The number of nitrogens with zero attached hydrogens (tertiary/aromatic N) is 2. The second-order valence-corrected chi connectivity index (χ2v) is 4.80. The summed E-state index contributed by atoms with van der Waals surface area (Å²) in [5.41, 5.74) is 0. The summed E-state index contributed by atoms with van der Waals surface area (Å²) in [7, 11) is 0. The molecule has 1 rings (SSSR count). The zero-order chi connectivity index (χ0) is 15.3. The van der Waals surface area contributed by atoms with Crippen LogP contribution in [0.15, 0.2) is 0 Å². The number of amides is 2. The van der Waals surface area contributed by atoms with E-state index in [1.807, 2.05) is 0 Å². The van der Waals surface area contributed by atoms with E-state index in [-0.39, 0.29) is 32.7 Å². The second-order valence-electron chi connectivity index (χ2n) is 4.80. The normalized spacial score (nSPS) is 18.7. The van der Waals surface area contributed by atoms with Gasteiger partial charge in [0.1, 0.15) is 0 Å². The molecule has 1 heterocycles. The number of rotatable bonds is 4. The number of carbonyl (C=O) groups is 2. The van der Waals surface area contributed by atoms with Gasteiger partial charge >= 0.3 is 18.2 Å². The summed E-state index contributed by atoms with van der Waals surface area (Å²) in [5.74, 6) is -1.72. The highest BCUT2D eigenvalue weighted by molar-refractivity contribution is 5.76. The average molecular weight is 297 g/mol. The minimum Gasteiger partial charge on any atom is -0.481 e. The molecule has 6 nitrogen and oxygen atoms in total. The van der Waals surface area contributed by atoms with E-state index in [1.54, 1.807) is 0 Å². The van der Waals surface area contributed by atoms with E-state index in [1.165, 1.54) is 16.7 Å². The van der Waals surface area contributed by atoms with Gasteiger partial charge in [0.25, 0.3) is 0 Å². The lowest BCUT2D eigenvalue weighted by molar-refractivity contribution is -0.148. The van der Waals surface area contributed by atoms with Crippen molar-refractivity contribution < 1.29 is 27.9 Å². The van der Waals surface area contributed by atoms with Gasteiger partial charge in [-0.15, -0.1) is 0 Å². The first-order valence-corrected chi connectivity index (χ1v) is 6.23. The number of hydrogen-bond acceptors (Lipinski definition) is 3. The van der Waals surface area contributed by atoms with Crippen molar-refractivity contribution in [3.05, 3.63) is 0 Å². The molecule has 0 aromatic rings. The van der Waals surface area contributed by atoms with Gasteiger partial charge in [-0.2, -0.15) is 13.2 Å². The number of urea groups is 1. The van der Waals surface area contributed by atoms with Crippen molar-refractivity contribution in [2.45, 2.75) is 13.1 Å². The van der Waals surface area contributed by atoms with Gasteiger partial charge in [0.2, 0.25) is 0 Å². The third kappa shape index (κ3) is 5.64. The van der Waals surface area contributed by atoms with Gasteiger partial charge in [0, 0.05) is 32.7 Å². The fourth-order valence-electron chi connectivity index (χ4n) is 1.80. The predicted molar refractivity (Wildman–Crippen MR) is 64.3 cm³/mol. The van der Waals surface area contributed by atoms with Gasteiger partial charge in [-0.25, -0.2) is 4.79 Å².